The highest BCUT2D eigenvalue weighted by Gasteiger charge is 2.04. The van der Waals surface area contributed by atoms with Gasteiger partial charge in [0.15, 0.2) is 0 Å². The highest BCUT2D eigenvalue weighted by molar-refractivity contribution is 9.10. The quantitative estimate of drug-likeness (QED) is 0.806. The first kappa shape index (κ1) is 13.7. The number of rotatable bonds is 5. The van der Waals surface area contributed by atoms with Crippen LogP contribution in [0.25, 0.3) is 0 Å². The van der Waals surface area contributed by atoms with E-state index in [1.807, 2.05) is 25.1 Å². The molecule has 0 fully saturated rings. The monoisotopic (exact) mass is 345 g/mol. The van der Waals surface area contributed by atoms with Crippen LogP contribution in [0.2, 0.25) is 5.02 Å². The van der Waals surface area contributed by atoms with Gasteiger partial charge in [0.25, 0.3) is 0 Å². The van der Waals surface area contributed by atoms with Crippen LogP contribution in [0.4, 0.5) is 5.69 Å². The molecule has 2 aromatic rings. The second-order valence-corrected chi connectivity index (χ2v) is 5.68. The SMILES string of the molecule is CCOc1ccc(NCc2cscc2Br)cc1Cl. The van der Waals surface area contributed by atoms with Gasteiger partial charge in [0.2, 0.25) is 0 Å². The summed E-state index contributed by atoms with van der Waals surface area (Å²) in [6, 6.07) is 5.74. The molecule has 0 saturated carbocycles. The van der Waals surface area contributed by atoms with Gasteiger partial charge in [-0.3, -0.25) is 0 Å². The second kappa shape index (κ2) is 6.45. The molecule has 0 aliphatic rings. The van der Waals surface area contributed by atoms with Gasteiger partial charge in [0, 0.05) is 22.1 Å². The van der Waals surface area contributed by atoms with Gasteiger partial charge < -0.3 is 10.1 Å². The van der Waals surface area contributed by atoms with Crippen LogP contribution in [0.1, 0.15) is 12.5 Å². The number of hydrogen-bond acceptors (Lipinski definition) is 3. The van der Waals surface area contributed by atoms with Crippen molar-refractivity contribution < 1.29 is 4.74 Å². The van der Waals surface area contributed by atoms with E-state index in [4.69, 9.17) is 16.3 Å². The molecule has 1 heterocycles. The molecule has 1 N–H and O–H groups in total. The molecule has 18 heavy (non-hydrogen) atoms. The average molecular weight is 347 g/mol. The Bertz CT molecular complexity index is 529. The molecule has 0 atom stereocenters. The lowest BCUT2D eigenvalue weighted by atomic mass is 10.2. The molecular weight excluding hydrogens is 334 g/mol. The van der Waals surface area contributed by atoms with E-state index in [2.05, 4.69) is 32.0 Å². The van der Waals surface area contributed by atoms with E-state index >= 15 is 0 Å². The van der Waals surface area contributed by atoms with Gasteiger partial charge in [-0.05, 0) is 52.0 Å². The lowest BCUT2D eigenvalue weighted by Gasteiger charge is -2.09. The average Bonchev–Trinajstić information content (AvgIpc) is 2.76. The van der Waals surface area contributed by atoms with E-state index in [-0.39, 0.29) is 0 Å². The molecule has 0 aliphatic carbocycles. The van der Waals surface area contributed by atoms with Crippen LogP contribution in [0.3, 0.4) is 0 Å². The molecule has 1 aromatic carbocycles. The summed E-state index contributed by atoms with van der Waals surface area (Å²) >= 11 is 11.3. The van der Waals surface area contributed by atoms with Crippen LogP contribution in [-0.4, -0.2) is 6.61 Å². The van der Waals surface area contributed by atoms with Gasteiger partial charge in [0.1, 0.15) is 5.75 Å². The maximum Gasteiger partial charge on any atom is 0.138 e. The maximum atomic E-state index is 6.13. The third-order valence-electron chi connectivity index (χ3n) is 2.40. The number of hydrogen-bond donors (Lipinski definition) is 1. The first-order chi connectivity index (χ1) is 8.70. The summed E-state index contributed by atoms with van der Waals surface area (Å²) in [7, 11) is 0. The van der Waals surface area contributed by atoms with Crippen molar-refractivity contribution in [2.75, 3.05) is 11.9 Å². The standard InChI is InChI=1S/C13H13BrClNOS/c1-2-17-13-4-3-10(5-12(13)15)16-6-9-7-18-8-11(9)14/h3-5,7-8,16H,2,6H2,1H3. The zero-order valence-electron chi connectivity index (χ0n) is 9.87. The Morgan fingerprint density at radius 2 is 2.22 bits per heavy atom. The number of nitrogens with one attached hydrogen (secondary N) is 1. The second-order valence-electron chi connectivity index (χ2n) is 3.68. The van der Waals surface area contributed by atoms with Crippen molar-refractivity contribution in [3.05, 3.63) is 44.0 Å². The smallest absolute Gasteiger partial charge is 0.138 e. The van der Waals surface area contributed by atoms with Crippen LogP contribution in [0, 0.1) is 0 Å². The minimum Gasteiger partial charge on any atom is -0.492 e. The van der Waals surface area contributed by atoms with E-state index in [1.165, 1.54) is 5.56 Å². The third kappa shape index (κ3) is 3.40. The van der Waals surface area contributed by atoms with Crippen LogP contribution in [-0.2, 0) is 6.54 Å². The van der Waals surface area contributed by atoms with Crippen molar-refractivity contribution in [2.45, 2.75) is 13.5 Å². The summed E-state index contributed by atoms with van der Waals surface area (Å²) in [6.45, 7) is 3.33. The molecule has 0 saturated heterocycles. The minimum absolute atomic E-state index is 0.619. The van der Waals surface area contributed by atoms with Crippen LogP contribution < -0.4 is 10.1 Å². The lowest BCUT2D eigenvalue weighted by Crippen LogP contribution is -1.99. The predicted molar refractivity (Wildman–Crippen MR) is 82.0 cm³/mol. The Hall–Kier alpha value is -0.710. The Morgan fingerprint density at radius 1 is 1.39 bits per heavy atom. The highest BCUT2D eigenvalue weighted by atomic mass is 79.9. The van der Waals surface area contributed by atoms with Crippen molar-refractivity contribution in [1.29, 1.82) is 0 Å². The highest BCUT2D eigenvalue weighted by Crippen LogP contribution is 2.28. The molecule has 0 unspecified atom stereocenters. The van der Waals surface area contributed by atoms with Crippen molar-refractivity contribution in [3.8, 4) is 5.75 Å². The summed E-state index contributed by atoms with van der Waals surface area (Å²) in [4.78, 5) is 0. The summed E-state index contributed by atoms with van der Waals surface area (Å²) in [5.41, 5.74) is 2.23. The Kier molecular flexibility index (Phi) is 4.92. The molecule has 0 bridgehead atoms. The van der Waals surface area contributed by atoms with Gasteiger partial charge in [-0.15, -0.1) is 0 Å². The zero-order valence-corrected chi connectivity index (χ0v) is 13.0. The molecule has 0 amide bonds. The molecule has 1 aromatic heterocycles. The summed E-state index contributed by atoms with van der Waals surface area (Å²) in [5, 5.41) is 8.16. The predicted octanol–water partition coefficient (Wildman–Crippen LogP) is 5.17. The fraction of sp³-hybridized carbons (Fsp3) is 0.231. The van der Waals surface area contributed by atoms with E-state index in [0.717, 1.165) is 22.5 Å². The first-order valence-corrected chi connectivity index (χ1v) is 7.69. The van der Waals surface area contributed by atoms with Gasteiger partial charge in [-0.1, -0.05) is 11.6 Å². The van der Waals surface area contributed by atoms with Crippen LogP contribution in [0.15, 0.2) is 33.4 Å². The van der Waals surface area contributed by atoms with Crippen LogP contribution in [0.5, 0.6) is 5.75 Å². The number of benzene rings is 1. The number of anilines is 1. The normalized spacial score (nSPS) is 10.4. The zero-order chi connectivity index (χ0) is 13.0. The molecular formula is C13H13BrClNOS. The fourth-order valence-corrected chi connectivity index (χ4v) is 3.19. The third-order valence-corrected chi connectivity index (χ3v) is 4.53. The van der Waals surface area contributed by atoms with Crippen LogP contribution >= 0.6 is 38.9 Å². The van der Waals surface area contributed by atoms with Gasteiger partial charge in [-0.2, -0.15) is 11.3 Å². The minimum atomic E-state index is 0.619. The van der Waals surface area contributed by atoms with Gasteiger partial charge in [-0.25, -0.2) is 0 Å². The largest absolute Gasteiger partial charge is 0.492 e. The summed E-state index contributed by atoms with van der Waals surface area (Å²) < 4.78 is 6.53. The Balaban J connectivity index is 2.02. The van der Waals surface area contributed by atoms with E-state index in [9.17, 15) is 0 Å². The lowest BCUT2D eigenvalue weighted by molar-refractivity contribution is 0.340. The van der Waals surface area contributed by atoms with E-state index in [1.54, 1.807) is 11.3 Å². The summed E-state index contributed by atoms with van der Waals surface area (Å²) in [6.07, 6.45) is 0. The number of halogens is 2. The molecule has 0 radical (unpaired) electrons. The van der Waals surface area contributed by atoms with Crippen molar-refractivity contribution in [3.63, 3.8) is 0 Å². The number of thiophene rings is 1. The fourth-order valence-electron chi connectivity index (χ4n) is 1.51. The first-order valence-electron chi connectivity index (χ1n) is 5.57. The Labute approximate surface area is 124 Å². The summed E-state index contributed by atoms with van der Waals surface area (Å²) in [5.74, 6) is 0.724. The van der Waals surface area contributed by atoms with E-state index < -0.39 is 0 Å². The molecule has 96 valence electrons. The topological polar surface area (TPSA) is 21.3 Å². The van der Waals surface area contributed by atoms with E-state index in [0.29, 0.717) is 11.6 Å². The molecule has 0 aliphatic heterocycles. The van der Waals surface area contributed by atoms with Gasteiger partial charge in [0.05, 0.1) is 11.6 Å². The molecule has 2 rings (SSSR count). The maximum absolute atomic E-state index is 6.13. The Morgan fingerprint density at radius 3 is 2.83 bits per heavy atom. The van der Waals surface area contributed by atoms with Crippen molar-refractivity contribution in [1.82, 2.24) is 0 Å². The molecule has 2 nitrogen and oxygen atoms in total. The van der Waals surface area contributed by atoms with Crippen molar-refractivity contribution >= 4 is 44.6 Å². The van der Waals surface area contributed by atoms with Gasteiger partial charge >= 0.3 is 0 Å². The number of ether oxygens (including phenoxy) is 1. The molecule has 5 heteroatoms. The van der Waals surface area contributed by atoms with Crippen molar-refractivity contribution in [2.24, 2.45) is 0 Å². The molecule has 0 spiro atoms.